The average molecular weight is 440 g/mol. The Balaban J connectivity index is 1.92. The molecule has 3 nitrogen and oxygen atoms in total. The van der Waals surface area contributed by atoms with E-state index in [-0.39, 0.29) is 30.5 Å². The number of phenolic OH excluding ortho intramolecular Hbond substituents is 1. The van der Waals surface area contributed by atoms with Crippen LogP contribution in [0.25, 0.3) is 0 Å². The van der Waals surface area contributed by atoms with Gasteiger partial charge in [-0.2, -0.15) is 26.3 Å². The van der Waals surface area contributed by atoms with Crippen molar-refractivity contribution in [3.8, 4) is 5.75 Å². The average Bonchev–Trinajstić information content (AvgIpc) is 2.71. The van der Waals surface area contributed by atoms with Crippen LogP contribution in [0.5, 0.6) is 5.75 Å². The number of rotatable bonds is 6. The molecule has 0 unspecified atom stereocenters. The molecule has 0 fully saturated rings. The van der Waals surface area contributed by atoms with Crippen LogP contribution in [0, 0.1) is 0 Å². The number of halogens is 6. The number of anilines is 1. The first kappa shape index (κ1) is 22.5. The Hall–Kier alpha value is -3.23. The molecule has 0 radical (unpaired) electrons. The Morgan fingerprint density at radius 1 is 0.839 bits per heavy atom. The molecule has 1 heterocycles. The van der Waals surface area contributed by atoms with Crippen LogP contribution < -0.4 is 4.90 Å². The van der Waals surface area contributed by atoms with E-state index < -0.39 is 23.5 Å². The Bertz CT molecular complexity index is 1000. The van der Waals surface area contributed by atoms with Gasteiger partial charge < -0.3 is 10.0 Å². The Morgan fingerprint density at radius 2 is 1.55 bits per heavy atom. The van der Waals surface area contributed by atoms with Crippen molar-refractivity contribution >= 4 is 5.82 Å². The lowest BCUT2D eigenvalue weighted by atomic mass is 10.0. The molecule has 0 saturated carbocycles. The minimum Gasteiger partial charge on any atom is -0.508 e. The molecule has 0 saturated heterocycles. The van der Waals surface area contributed by atoms with Crippen LogP contribution in [0.4, 0.5) is 32.2 Å². The lowest BCUT2D eigenvalue weighted by Gasteiger charge is -2.26. The second kappa shape index (κ2) is 8.87. The predicted molar refractivity (Wildman–Crippen MR) is 104 cm³/mol. The van der Waals surface area contributed by atoms with Gasteiger partial charge >= 0.3 is 12.4 Å². The number of hydrogen-bond donors (Lipinski definition) is 1. The monoisotopic (exact) mass is 440 g/mol. The third-order valence-electron chi connectivity index (χ3n) is 4.68. The van der Waals surface area contributed by atoms with Crippen LogP contribution >= 0.6 is 0 Å². The van der Waals surface area contributed by atoms with Crippen molar-refractivity contribution in [3.63, 3.8) is 0 Å². The number of benzene rings is 2. The van der Waals surface area contributed by atoms with Gasteiger partial charge in [-0.3, -0.25) is 0 Å². The Labute approximate surface area is 174 Å². The number of hydrogen-bond acceptors (Lipinski definition) is 3. The van der Waals surface area contributed by atoms with Crippen LogP contribution in [-0.2, 0) is 25.3 Å². The predicted octanol–water partition coefficient (Wildman–Crippen LogP) is 6.07. The summed E-state index contributed by atoms with van der Waals surface area (Å²) in [6.07, 6.45) is -7.90. The molecule has 0 aliphatic heterocycles. The molecular weight excluding hydrogens is 422 g/mol. The van der Waals surface area contributed by atoms with Crippen LogP contribution in [0.3, 0.4) is 0 Å². The number of alkyl halides is 6. The van der Waals surface area contributed by atoms with E-state index >= 15 is 0 Å². The summed E-state index contributed by atoms with van der Waals surface area (Å²) in [7, 11) is 0. The molecule has 0 spiro atoms. The fourth-order valence-corrected chi connectivity index (χ4v) is 3.10. The van der Waals surface area contributed by atoms with Gasteiger partial charge in [0.2, 0.25) is 0 Å². The maximum atomic E-state index is 13.5. The van der Waals surface area contributed by atoms with E-state index in [4.69, 9.17) is 0 Å². The molecule has 2 aromatic carbocycles. The first-order valence-corrected chi connectivity index (χ1v) is 9.25. The zero-order valence-electron chi connectivity index (χ0n) is 16.1. The minimum atomic E-state index is -4.94. The molecule has 1 aromatic heterocycles. The molecule has 0 amide bonds. The second-order valence-corrected chi connectivity index (χ2v) is 6.89. The normalized spacial score (nSPS) is 12.1. The van der Waals surface area contributed by atoms with Crippen molar-refractivity contribution in [2.75, 3.05) is 11.4 Å². The van der Waals surface area contributed by atoms with Gasteiger partial charge in [0, 0.05) is 19.3 Å². The number of nitrogens with zero attached hydrogens (tertiary/aromatic N) is 2. The van der Waals surface area contributed by atoms with Gasteiger partial charge in [0.15, 0.2) is 0 Å². The quantitative estimate of drug-likeness (QED) is 0.473. The maximum Gasteiger partial charge on any atom is 0.416 e. The van der Waals surface area contributed by atoms with E-state index in [0.29, 0.717) is 18.3 Å². The molecule has 0 bridgehead atoms. The van der Waals surface area contributed by atoms with Gasteiger partial charge in [-0.05, 0) is 53.9 Å². The standard InChI is InChI=1S/C22H18F6N2O/c23-21(24,25)17-7-6-16(19(13-17)22(26,27)28)14-30(20-3-1-2-11-29-20)12-10-15-4-8-18(31)9-5-15/h1-9,11,13,31H,10,12,14H2. The van der Waals surface area contributed by atoms with Gasteiger partial charge in [0.25, 0.3) is 0 Å². The van der Waals surface area contributed by atoms with Gasteiger partial charge in [-0.1, -0.05) is 24.3 Å². The fraction of sp³-hybridized carbons (Fsp3) is 0.227. The number of phenols is 1. The smallest absolute Gasteiger partial charge is 0.416 e. The molecular formula is C22H18F6N2O. The van der Waals surface area contributed by atoms with Crippen molar-refractivity contribution in [1.29, 1.82) is 0 Å². The summed E-state index contributed by atoms with van der Waals surface area (Å²) in [5.41, 5.74) is -2.12. The van der Waals surface area contributed by atoms with Crippen molar-refractivity contribution in [1.82, 2.24) is 4.98 Å². The van der Waals surface area contributed by atoms with Crippen molar-refractivity contribution in [2.24, 2.45) is 0 Å². The molecule has 9 heteroatoms. The Morgan fingerprint density at radius 3 is 2.13 bits per heavy atom. The summed E-state index contributed by atoms with van der Waals surface area (Å²) in [6, 6.07) is 13.0. The molecule has 164 valence electrons. The van der Waals surface area contributed by atoms with Crippen molar-refractivity contribution in [2.45, 2.75) is 25.3 Å². The van der Waals surface area contributed by atoms with E-state index in [9.17, 15) is 31.4 Å². The van der Waals surface area contributed by atoms with E-state index in [1.54, 1.807) is 35.2 Å². The highest BCUT2D eigenvalue weighted by Gasteiger charge is 2.38. The fourth-order valence-electron chi connectivity index (χ4n) is 3.10. The largest absolute Gasteiger partial charge is 0.508 e. The van der Waals surface area contributed by atoms with Gasteiger partial charge in [-0.15, -0.1) is 0 Å². The van der Waals surface area contributed by atoms with E-state index in [2.05, 4.69) is 4.98 Å². The summed E-state index contributed by atoms with van der Waals surface area (Å²) in [5, 5.41) is 9.39. The molecule has 3 rings (SSSR count). The third kappa shape index (κ3) is 5.90. The summed E-state index contributed by atoms with van der Waals surface area (Å²) in [6.45, 7) is -0.0117. The number of pyridine rings is 1. The number of aromatic hydroxyl groups is 1. The topological polar surface area (TPSA) is 36.4 Å². The molecule has 1 N–H and O–H groups in total. The zero-order valence-corrected chi connectivity index (χ0v) is 16.1. The third-order valence-corrected chi connectivity index (χ3v) is 4.68. The highest BCUT2D eigenvalue weighted by atomic mass is 19.4. The van der Waals surface area contributed by atoms with E-state index in [0.717, 1.165) is 11.6 Å². The van der Waals surface area contributed by atoms with Gasteiger partial charge in [0.1, 0.15) is 11.6 Å². The summed E-state index contributed by atoms with van der Waals surface area (Å²) >= 11 is 0. The summed E-state index contributed by atoms with van der Waals surface area (Å²) in [4.78, 5) is 5.75. The first-order chi connectivity index (χ1) is 14.5. The molecule has 0 aliphatic rings. The lowest BCUT2D eigenvalue weighted by molar-refractivity contribution is -0.143. The maximum absolute atomic E-state index is 13.5. The van der Waals surface area contributed by atoms with Crippen LogP contribution in [-0.4, -0.2) is 16.6 Å². The highest BCUT2D eigenvalue weighted by molar-refractivity contribution is 5.43. The van der Waals surface area contributed by atoms with E-state index in [1.807, 2.05) is 0 Å². The summed E-state index contributed by atoms with van der Waals surface area (Å²) in [5.74, 6) is 0.485. The van der Waals surface area contributed by atoms with Gasteiger partial charge in [-0.25, -0.2) is 4.98 Å². The SMILES string of the molecule is Oc1ccc(CCN(Cc2ccc(C(F)(F)F)cc2C(F)(F)F)c2ccccn2)cc1. The van der Waals surface area contributed by atoms with E-state index in [1.165, 1.54) is 18.3 Å². The second-order valence-electron chi connectivity index (χ2n) is 6.89. The van der Waals surface area contributed by atoms with Crippen molar-refractivity contribution in [3.05, 3.63) is 89.1 Å². The summed E-state index contributed by atoms with van der Waals surface area (Å²) < 4.78 is 79.4. The van der Waals surface area contributed by atoms with Crippen LogP contribution in [0.15, 0.2) is 66.9 Å². The molecule has 0 atom stereocenters. The molecule has 3 aromatic rings. The Kier molecular flexibility index (Phi) is 6.42. The highest BCUT2D eigenvalue weighted by Crippen LogP contribution is 2.38. The molecule has 31 heavy (non-hydrogen) atoms. The van der Waals surface area contributed by atoms with Crippen molar-refractivity contribution < 1.29 is 31.4 Å². The van der Waals surface area contributed by atoms with Crippen LogP contribution in [0.1, 0.15) is 22.3 Å². The van der Waals surface area contributed by atoms with Gasteiger partial charge in [0.05, 0.1) is 11.1 Å². The zero-order chi connectivity index (χ0) is 22.6. The first-order valence-electron chi connectivity index (χ1n) is 9.25. The minimum absolute atomic E-state index is 0.0879. The lowest BCUT2D eigenvalue weighted by Crippen LogP contribution is -2.28. The molecule has 0 aliphatic carbocycles. The van der Waals surface area contributed by atoms with Crippen LogP contribution in [0.2, 0.25) is 0 Å². The number of aromatic nitrogens is 1.